The number of hydrogen-bond acceptors (Lipinski definition) is 5. The van der Waals surface area contributed by atoms with E-state index in [1.54, 1.807) is 38.5 Å². The van der Waals surface area contributed by atoms with Gasteiger partial charge in [-0.25, -0.2) is 0 Å². The number of halogens is 1. The summed E-state index contributed by atoms with van der Waals surface area (Å²) >= 11 is 6.05. The normalized spacial score (nSPS) is 10.2. The van der Waals surface area contributed by atoms with Gasteiger partial charge in [-0.3, -0.25) is 4.79 Å². The Kier molecular flexibility index (Phi) is 6.97. The van der Waals surface area contributed by atoms with E-state index in [1.165, 1.54) is 7.11 Å². The van der Waals surface area contributed by atoms with E-state index in [0.29, 0.717) is 34.6 Å². The molecule has 0 atom stereocenters. The molecule has 2 aromatic carbocycles. The lowest BCUT2D eigenvalue weighted by molar-refractivity contribution is -0.123. The predicted octanol–water partition coefficient (Wildman–Crippen LogP) is 3.37. The molecule has 0 spiro atoms. The van der Waals surface area contributed by atoms with E-state index >= 15 is 0 Å². The summed E-state index contributed by atoms with van der Waals surface area (Å²) in [6.45, 7) is 2.09. The Morgan fingerprint density at radius 2 is 1.65 bits per heavy atom. The Morgan fingerprint density at radius 3 is 2.23 bits per heavy atom. The summed E-state index contributed by atoms with van der Waals surface area (Å²) in [4.78, 5) is 12.1. The molecule has 0 radical (unpaired) electrons. The smallest absolute Gasteiger partial charge is 0.258 e. The molecular formula is C19H22ClNO5. The molecular weight excluding hydrogens is 358 g/mol. The number of benzene rings is 2. The summed E-state index contributed by atoms with van der Waals surface area (Å²) in [5.74, 6) is 1.77. The van der Waals surface area contributed by atoms with Crippen LogP contribution in [0.3, 0.4) is 0 Å². The molecule has 2 rings (SSSR count). The number of ether oxygens (including phenoxy) is 4. The number of nitrogens with one attached hydrogen (secondary N) is 1. The maximum absolute atomic E-state index is 12.1. The molecule has 0 heterocycles. The minimum Gasteiger partial charge on any atom is -0.493 e. The highest BCUT2D eigenvalue weighted by Crippen LogP contribution is 2.38. The van der Waals surface area contributed by atoms with Crippen LogP contribution in [0.5, 0.6) is 23.0 Å². The average molecular weight is 380 g/mol. The molecule has 7 heteroatoms. The summed E-state index contributed by atoms with van der Waals surface area (Å²) in [5, 5.41) is 3.25. The molecule has 0 unspecified atom stereocenters. The monoisotopic (exact) mass is 379 g/mol. The number of carbonyl (C=O) groups is 1. The Hall–Kier alpha value is -2.60. The molecule has 0 aliphatic heterocycles. The summed E-state index contributed by atoms with van der Waals surface area (Å²) < 4.78 is 21.4. The molecule has 0 fully saturated rings. The standard InChI is InChI=1S/C19H22ClNO5/c1-12-5-6-14(20)15(7-12)26-11-18(22)21-10-13-8-16(23-2)19(25-4)17(9-13)24-3/h5-9H,10-11H2,1-4H3,(H,21,22). The Bertz CT molecular complexity index is 754. The number of aryl methyl sites for hydroxylation is 1. The van der Waals surface area contributed by atoms with Gasteiger partial charge in [0.15, 0.2) is 18.1 Å². The predicted molar refractivity (Wildman–Crippen MR) is 99.6 cm³/mol. The van der Waals surface area contributed by atoms with Gasteiger partial charge >= 0.3 is 0 Å². The number of amides is 1. The van der Waals surface area contributed by atoms with Gasteiger partial charge in [-0.1, -0.05) is 17.7 Å². The van der Waals surface area contributed by atoms with Crippen LogP contribution in [-0.4, -0.2) is 33.8 Å². The fourth-order valence-corrected chi connectivity index (χ4v) is 2.53. The molecule has 0 aromatic heterocycles. The lowest BCUT2D eigenvalue weighted by Crippen LogP contribution is -2.28. The minimum atomic E-state index is -0.267. The Morgan fingerprint density at radius 1 is 1.00 bits per heavy atom. The maximum Gasteiger partial charge on any atom is 0.258 e. The number of hydrogen-bond donors (Lipinski definition) is 1. The van der Waals surface area contributed by atoms with E-state index in [2.05, 4.69) is 5.32 Å². The first kappa shape index (κ1) is 19.7. The molecule has 6 nitrogen and oxygen atoms in total. The molecule has 2 aromatic rings. The molecule has 0 aliphatic carbocycles. The van der Waals surface area contributed by atoms with Crippen molar-refractivity contribution in [3.8, 4) is 23.0 Å². The molecule has 1 amide bonds. The van der Waals surface area contributed by atoms with E-state index in [9.17, 15) is 4.79 Å². The highest BCUT2D eigenvalue weighted by molar-refractivity contribution is 6.32. The van der Waals surface area contributed by atoms with Gasteiger partial charge in [-0.2, -0.15) is 0 Å². The zero-order valence-corrected chi connectivity index (χ0v) is 16.0. The first-order valence-corrected chi connectivity index (χ1v) is 8.30. The first-order chi connectivity index (χ1) is 12.5. The van der Waals surface area contributed by atoms with Crippen LogP contribution in [0.25, 0.3) is 0 Å². The van der Waals surface area contributed by atoms with E-state index in [-0.39, 0.29) is 12.5 Å². The van der Waals surface area contributed by atoms with Gasteiger partial charge in [0.25, 0.3) is 5.91 Å². The fourth-order valence-electron chi connectivity index (χ4n) is 2.35. The van der Waals surface area contributed by atoms with Gasteiger partial charge in [0.05, 0.1) is 26.4 Å². The van der Waals surface area contributed by atoms with Crippen LogP contribution in [0.2, 0.25) is 5.02 Å². The van der Waals surface area contributed by atoms with Crippen LogP contribution in [0.1, 0.15) is 11.1 Å². The van der Waals surface area contributed by atoms with Crippen molar-refractivity contribution in [1.29, 1.82) is 0 Å². The van der Waals surface area contributed by atoms with Crippen LogP contribution < -0.4 is 24.3 Å². The minimum absolute atomic E-state index is 0.131. The molecule has 0 bridgehead atoms. The van der Waals surface area contributed by atoms with E-state index < -0.39 is 0 Å². The number of rotatable bonds is 8. The molecule has 26 heavy (non-hydrogen) atoms. The van der Waals surface area contributed by atoms with Crippen LogP contribution >= 0.6 is 11.6 Å². The largest absolute Gasteiger partial charge is 0.493 e. The second-order valence-corrected chi connectivity index (χ2v) is 5.94. The van der Waals surface area contributed by atoms with E-state index in [0.717, 1.165) is 11.1 Å². The third kappa shape index (κ3) is 4.95. The van der Waals surface area contributed by atoms with Crippen LogP contribution in [0, 0.1) is 6.92 Å². The Balaban J connectivity index is 1.97. The second-order valence-electron chi connectivity index (χ2n) is 5.53. The van der Waals surface area contributed by atoms with Crippen LogP contribution in [-0.2, 0) is 11.3 Å². The zero-order chi connectivity index (χ0) is 19.1. The maximum atomic E-state index is 12.1. The molecule has 1 N–H and O–H groups in total. The third-order valence-electron chi connectivity index (χ3n) is 3.66. The molecule has 140 valence electrons. The lowest BCUT2D eigenvalue weighted by Gasteiger charge is -2.14. The van der Waals surface area contributed by atoms with Crippen molar-refractivity contribution < 1.29 is 23.7 Å². The summed E-state index contributed by atoms with van der Waals surface area (Å²) in [5.41, 5.74) is 1.81. The van der Waals surface area contributed by atoms with Crippen molar-refractivity contribution in [1.82, 2.24) is 5.32 Å². The van der Waals surface area contributed by atoms with E-state index in [4.69, 9.17) is 30.5 Å². The quantitative estimate of drug-likeness (QED) is 0.761. The lowest BCUT2D eigenvalue weighted by atomic mass is 10.1. The average Bonchev–Trinajstić information content (AvgIpc) is 2.65. The molecule has 0 saturated heterocycles. The van der Waals surface area contributed by atoms with Crippen LogP contribution in [0.15, 0.2) is 30.3 Å². The molecule has 0 saturated carbocycles. The van der Waals surface area contributed by atoms with Crippen molar-refractivity contribution in [2.45, 2.75) is 13.5 Å². The third-order valence-corrected chi connectivity index (χ3v) is 3.97. The van der Waals surface area contributed by atoms with Gasteiger partial charge in [0.2, 0.25) is 5.75 Å². The Labute approximate surface area is 158 Å². The summed E-state index contributed by atoms with van der Waals surface area (Å²) in [6, 6.07) is 8.95. The summed E-state index contributed by atoms with van der Waals surface area (Å²) in [7, 11) is 4.62. The summed E-state index contributed by atoms with van der Waals surface area (Å²) in [6.07, 6.45) is 0. The van der Waals surface area contributed by atoms with Crippen molar-refractivity contribution in [3.05, 3.63) is 46.5 Å². The number of methoxy groups -OCH3 is 3. The zero-order valence-electron chi connectivity index (χ0n) is 15.2. The number of carbonyl (C=O) groups excluding carboxylic acids is 1. The van der Waals surface area contributed by atoms with Crippen molar-refractivity contribution in [2.75, 3.05) is 27.9 Å². The highest BCUT2D eigenvalue weighted by Gasteiger charge is 2.14. The van der Waals surface area contributed by atoms with Gasteiger partial charge in [-0.05, 0) is 42.3 Å². The van der Waals surface area contributed by atoms with Gasteiger partial charge in [0, 0.05) is 6.54 Å². The second kappa shape index (κ2) is 9.20. The van der Waals surface area contributed by atoms with Gasteiger partial charge in [-0.15, -0.1) is 0 Å². The first-order valence-electron chi connectivity index (χ1n) is 7.93. The fraction of sp³-hybridized carbons (Fsp3) is 0.316. The SMILES string of the molecule is COc1cc(CNC(=O)COc2cc(C)ccc2Cl)cc(OC)c1OC. The van der Waals surface area contributed by atoms with Crippen molar-refractivity contribution in [3.63, 3.8) is 0 Å². The van der Waals surface area contributed by atoms with Gasteiger partial charge < -0.3 is 24.3 Å². The van der Waals surface area contributed by atoms with E-state index in [1.807, 2.05) is 13.0 Å². The topological polar surface area (TPSA) is 66.0 Å². The highest BCUT2D eigenvalue weighted by atomic mass is 35.5. The van der Waals surface area contributed by atoms with Crippen molar-refractivity contribution in [2.24, 2.45) is 0 Å². The van der Waals surface area contributed by atoms with Crippen LogP contribution in [0.4, 0.5) is 0 Å². The van der Waals surface area contributed by atoms with Gasteiger partial charge in [0.1, 0.15) is 5.75 Å². The molecule has 0 aliphatic rings. The van der Waals surface area contributed by atoms with Crippen molar-refractivity contribution >= 4 is 17.5 Å².